The Morgan fingerprint density at radius 3 is 2.76 bits per heavy atom. The van der Waals surface area contributed by atoms with Crippen molar-refractivity contribution in [2.75, 3.05) is 6.54 Å². The number of carboxylic acid groups (broad SMARTS) is 1. The van der Waals surface area contributed by atoms with E-state index in [-0.39, 0.29) is 18.2 Å². The third-order valence-corrected chi connectivity index (χ3v) is 2.64. The van der Waals surface area contributed by atoms with Gasteiger partial charge in [0.25, 0.3) is 5.91 Å². The van der Waals surface area contributed by atoms with E-state index < -0.39 is 5.97 Å². The standard InChI is InChI=1S/C14H17N3O4/c15-12(18)3-1-2-7-17-14(21)11-6-8-16-9-10(11)4-5-13(19)20/h4-6,8-9H,1-3,7H2,(H2,15,18)(H,17,21)(H,19,20)/b5-4+. The molecule has 0 atom stereocenters. The van der Waals surface area contributed by atoms with Crippen molar-refractivity contribution in [3.63, 3.8) is 0 Å². The van der Waals surface area contributed by atoms with Crippen molar-refractivity contribution in [2.24, 2.45) is 5.73 Å². The summed E-state index contributed by atoms with van der Waals surface area (Å²) in [6, 6.07) is 1.51. The first kappa shape index (κ1) is 16.4. The molecule has 1 rings (SSSR count). The van der Waals surface area contributed by atoms with Gasteiger partial charge >= 0.3 is 5.97 Å². The average Bonchev–Trinajstić information content (AvgIpc) is 2.44. The molecule has 0 bridgehead atoms. The Balaban J connectivity index is 2.57. The summed E-state index contributed by atoms with van der Waals surface area (Å²) in [5, 5.41) is 11.3. The summed E-state index contributed by atoms with van der Waals surface area (Å²) in [4.78, 5) is 36.9. The average molecular weight is 291 g/mol. The number of rotatable bonds is 8. The first-order valence-corrected chi connectivity index (χ1v) is 6.42. The maximum Gasteiger partial charge on any atom is 0.328 e. The number of aliphatic carboxylic acids is 1. The molecule has 112 valence electrons. The Kier molecular flexibility index (Phi) is 6.59. The molecule has 0 aromatic carbocycles. The molecular weight excluding hydrogens is 274 g/mol. The number of hydrogen-bond donors (Lipinski definition) is 3. The highest BCUT2D eigenvalue weighted by Crippen LogP contribution is 2.09. The highest BCUT2D eigenvalue weighted by Gasteiger charge is 2.09. The maximum atomic E-state index is 12.0. The molecule has 1 aromatic heterocycles. The zero-order valence-electron chi connectivity index (χ0n) is 11.4. The molecule has 7 nitrogen and oxygen atoms in total. The zero-order chi connectivity index (χ0) is 15.7. The van der Waals surface area contributed by atoms with Crippen LogP contribution in [0.25, 0.3) is 6.08 Å². The van der Waals surface area contributed by atoms with Crippen LogP contribution in [0.4, 0.5) is 0 Å². The molecule has 1 aromatic rings. The monoisotopic (exact) mass is 291 g/mol. The van der Waals surface area contributed by atoms with E-state index in [1.165, 1.54) is 24.5 Å². The minimum Gasteiger partial charge on any atom is -0.478 e. The number of unbranched alkanes of at least 4 members (excludes halogenated alkanes) is 1. The molecule has 1 heterocycles. The van der Waals surface area contributed by atoms with Gasteiger partial charge in [0.1, 0.15) is 0 Å². The Labute approximate surface area is 121 Å². The normalized spacial score (nSPS) is 10.5. The van der Waals surface area contributed by atoms with Crippen LogP contribution >= 0.6 is 0 Å². The zero-order valence-corrected chi connectivity index (χ0v) is 11.4. The molecule has 4 N–H and O–H groups in total. The number of aromatic nitrogens is 1. The number of pyridine rings is 1. The number of nitrogens with two attached hydrogens (primary N) is 1. The van der Waals surface area contributed by atoms with Crippen LogP contribution in [0.15, 0.2) is 24.5 Å². The summed E-state index contributed by atoms with van der Waals surface area (Å²) < 4.78 is 0. The fraction of sp³-hybridized carbons (Fsp3) is 0.286. The van der Waals surface area contributed by atoms with Crippen LogP contribution in [-0.4, -0.2) is 34.4 Å². The van der Waals surface area contributed by atoms with Crippen LogP contribution in [-0.2, 0) is 9.59 Å². The van der Waals surface area contributed by atoms with Crippen molar-refractivity contribution < 1.29 is 19.5 Å². The predicted octanol–water partition coefficient (Wildman–Crippen LogP) is 0.565. The third-order valence-electron chi connectivity index (χ3n) is 2.64. The number of nitrogens with one attached hydrogen (secondary N) is 1. The van der Waals surface area contributed by atoms with Crippen LogP contribution < -0.4 is 11.1 Å². The van der Waals surface area contributed by atoms with Crippen molar-refractivity contribution in [2.45, 2.75) is 19.3 Å². The number of amides is 2. The SMILES string of the molecule is NC(=O)CCCCNC(=O)c1ccncc1/C=C/C(=O)O. The number of nitrogens with zero attached hydrogens (tertiary/aromatic N) is 1. The maximum absolute atomic E-state index is 12.0. The molecule has 0 spiro atoms. The number of hydrogen-bond acceptors (Lipinski definition) is 4. The molecule has 7 heteroatoms. The third kappa shape index (κ3) is 6.33. The van der Waals surface area contributed by atoms with Gasteiger partial charge in [0.15, 0.2) is 0 Å². The number of carbonyl (C=O) groups is 3. The van der Waals surface area contributed by atoms with E-state index in [1.54, 1.807) is 0 Å². The van der Waals surface area contributed by atoms with Gasteiger partial charge in [-0.3, -0.25) is 14.6 Å². The van der Waals surface area contributed by atoms with E-state index in [9.17, 15) is 14.4 Å². The molecule has 0 unspecified atom stereocenters. The molecule has 0 aliphatic rings. The quantitative estimate of drug-likeness (QED) is 0.477. The molecule has 0 saturated carbocycles. The van der Waals surface area contributed by atoms with Crippen molar-refractivity contribution in [1.82, 2.24) is 10.3 Å². The molecule has 0 aliphatic heterocycles. The fourth-order valence-corrected chi connectivity index (χ4v) is 1.63. The summed E-state index contributed by atoms with van der Waals surface area (Å²) >= 11 is 0. The van der Waals surface area contributed by atoms with E-state index in [0.717, 1.165) is 6.08 Å². The largest absolute Gasteiger partial charge is 0.478 e. The molecule has 2 amide bonds. The van der Waals surface area contributed by atoms with E-state index in [0.29, 0.717) is 30.5 Å². The number of primary amides is 1. The second kappa shape index (κ2) is 8.47. The highest BCUT2D eigenvalue weighted by molar-refractivity contribution is 5.98. The minimum atomic E-state index is -1.10. The van der Waals surface area contributed by atoms with Crippen LogP contribution in [0.2, 0.25) is 0 Å². The first-order chi connectivity index (χ1) is 10.0. The summed E-state index contributed by atoms with van der Waals surface area (Å²) in [5.74, 6) is -1.78. The van der Waals surface area contributed by atoms with Gasteiger partial charge < -0.3 is 16.2 Å². The van der Waals surface area contributed by atoms with Crippen LogP contribution in [0.5, 0.6) is 0 Å². The van der Waals surface area contributed by atoms with Crippen LogP contribution in [0.1, 0.15) is 35.2 Å². The molecule has 0 radical (unpaired) electrons. The number of carboxylic acids is 1. The van der Waals surface area contributed by atoms with Crippen molar-refractivity contribution in [3.8, 4) is 0 Å². The van der Waals surface area contributed by atoms with Crippen molar-refractivity contribution in [3.05, 3.63) is 35.7 Å². The van der Waals surface area contributed by atoms with Crippen LogP contribution in [0.3, 0.4) is 0 Å². The number of carbonyl (C=O) groups excluding carboxylic acids is 2. The Bertz CT molecular complexity index is 555. The van der Waals surface area contributed by atoms with Gasteiger partial charge in [-0.25, -0.2) is 4.79 Å². The minimum absolute atomic E-state index is 0.289. The van der Waals surface area contributed by atoms with E-state index in [1.807, 2.05) is 0 Å². The lowest BCUT2D eigenvalue weighted by molar-refractivity contribution is -0.131. The van der Waals surface area contributed by atoms with Gasteiger partial charge in [0, 0.05) is 42.6 Å². The van der Waals surface area contributed by atoms with Gasteiger partial charge in [-0.05, 0) is 25.0 Å². The van der Waals surface area contributed by atoms with Crippen molar-refractivity contribution >= 4 is 23.9 Å². The summed E-state index contributed by atoms with van der Waals surface area (Å²) in [5.41, 5.74) is 5.78. The lowest BCUT2D eigenvalue weighted by atomic mass is 10.1. The molecular formula is C14H17N3O4. The van der Waals surface area contributed by atoms with Gasteiger partial charge in [0.2, 0.25) is 5.91 Å². The van der Waals surface area contributed by atoms with Crippen molar-refractivity contribution in [1.29, 1.82) is 0 Å². The van der Waals surface area contributed by atoms with Crippen LogP contribution in [0, 0.1) is 0 Å². The molecule has 21 heavy (non-hydrogen) atoms. The van der Waals surface area contributed by atoms with Gasteiger partial charge in [-0.2, -0.15) is 0 Å². The van der Waals surface area contributed by atoms with E-state index in [2.05, 4.69) is 10.3 Å². The Hall–Kier alpha value is -2.70. The smallest absolute Gasteiger partial charge is 0.328 e. The second-order valence-corrected chi connectivity index (χ2v) is 4.31. The molecule has 0 saturated heterocycles. The summed E-state index contributed by atoms with van der Waals surface area (Å²) in [7, 11) is 0. The topological polar surface area (TPSA) is 122 Å². The Morgan fingerprint density at radius 1 is 1.33 bits per heavy atom. The first-order valence-electron chi connectivity index (χ1n) is 6.42. The lowest BCUT2D eigenvalue weighted by Gasteiger charge is -2.07. The van der Waals surface area contributed by atoms with E-state index in [4.69, 9.17) is 10.8 Å². The van der Waals surface area contributed by atoms with Gasteiger partial charge in [0.05, 0.1) is 0 Å². The van der Waals surface area contributed by atoms with Gasteiger partial charge in [-0.15, -0.1) is 0 Å². The van der Waals surface area contributed by atoms with Gasteiger partial charge in [-0.1, -0.05) is 0 Å². The molecule has 0 aliphatic carbocycles. The summed E-state index contributed by atoms with van der Waals surface area (Å²) in [6.07, 6.45) is 6.68. The Morgan fingerprint density at radius 2 is 2.10 bits per heavy atom. The summed E-state index contributed by atoms with van der Waals surface area (Å²) in [6.45, 7) is 0.413. The fourth-order valence-electron chi connectivity index (χ4n) is 1.63. The second-order valence-electron chi connectivity index (χ2n) is 4.31. The predicted molar refractivity (Wildman–Crippen MR) is 76.3 cm³/mol. The highest BCUT2D eigenvalue weighted by atomic mass is 16.4. The van der Waals surface area contributed by atoms with E-state index >= 15 is 0 Å². The lowest BCUT2D eigenvalue weighted by Crippen LogP contribution is -2.25. The molecule has 0 fully saturated rings.